The van der Waals surface area contributed by atoms with Crippen molar-refractivity contribution in [3.05, 3.63) is 58.7 Å². The highest BCUT2D eigenvalue weighted by molar-refractivity contribution is 7.22. The van der Waals surface area contributed by atoms with Gasteiger partial charge in [0.2, 0.25) is 0 Å². The smallest absolute Gasteiger partial charge is 0.186 e. The third-order valence-corrected chi connectivity index (χ3v) is 6.13. The van der Waals surface area contributed by atoms with E-state index in [9.17, 15) is 0 Å². The minimum absolute atomic E-state index is 0.707. The number of benzene rings is 2. The normalized spacial score (nSPS) is 13.8. The van der Waals surface area contributed by atoms with E-state index in [1.165, 1.54) is 0 Å². The molecular weight excluding hydrogens is 382 g/mol. The van der Waals surface area contributed by atoms with Gasteiger partial charge in [0.1, 0.15) is 5.75 Å². The van der Waals surface area contributed by atoms with Crippen molar-refractivity contribution < 1.29 is 9.26 Å². The van der Waals surface area contributed by atoms with Gasteiger partial charge in [0.25, 0.3) is 0 Å². The Morgan fingerprint density at radius 2 is 2.04 bits per heavy atom. The summed E-state index contributed by atoms with van der Waals surface area (Å²) in [6.45, 7) is 1.60. The Labute approximate surface area is 165 Å². The fraction of sp³-hybridized carbons (Fsp3) is 0.200. The molecule has 0 atom stereocenters. The molecule has 0 N–H and O–H groups in total. The number of anilines is 1. The van der Waals surface area contributed by atoms with E-state index in [2.05, 4.69) is 10.1 Å². The summed E-state index contributed by atoms with van der Waals surface area (Å²) in [7, 11) is 1.68. The molecule has 3 heterocycles. The average molecular weight is 398 g/mol. The van der Waals surface area contributed by atoms with E-state index in [1.807, 2.05) is 42.5 Å². The molecule has 5 nitrogen and oxygen atoms in total. The predicted molar refractivity (Wildman–Crippen MR) is 108 cm³/mol. The quantitative estimate of drug-likeness (QED) is 0.477. The Kier molecular flexibility index (Phi) is 4.02. The molecule has 0 aliphatic carbocycles. The van der Waals surface area contributed by atoms with Crippen molar-refractivity contribution in [2.24, 2.45) is 0 Å². The van der Waals surface area contributed by atoms with Crippen molar-refractivity contribution in [3.8, 4) is 17.1 Å². The SMILES string of the molecule is COc1ccc2nc(N3CCc4noc(-c5ccc(Cl)cc5)c4C3)sc2c1. The molecule has 0 radical (unpaired) electrons. The van der Waals surface area contributed by atoms with Crippen molar-refractivity contribution in [1.29, 1.82) is 0 Å². The van der Waals surface area contributed by atoms with E-state index in [-0.39, 0.29) is 0 Å². The second kappa shape index (κ2) is 6.55. The van der Waals surface area contributed by atoms with Crippen molar-refractivity contribution in [2.45, 2.75) is 13.0 Å². The van der Waals surface area contributed by atoms with Gasteiger partial charge in [-0.2, -0.15) is 0 Å². The number of halogens is 1. The third kappa shape index (κ3) is 2.95. The zero-order chi connectivity index (χ0) is 18.4. The number of hydrogen-bond acceptors (Lipinski definition) is 6. The van der Waals surface area contributed by atoms with Crippen LogP contribution >= 0.6 is 22.9 Å². The third-order valence-electron chi connectivity index (χ3n) is 4.80. The zero-order valence-electron chi connectivity index (χ0n) is 14.6. The van der Waals surface area contributed by atoms with Crippen molar-refractivity contribution in [3.63, 3.8) is 0 Å². The maximum Gasteiger partial charge on any atom is 0.186 e. The molecule has 0 saturated heterocycles. The molecule has 27 heavy (non-hydrogen) atoms. The highest BCUT2D eigenvalue weighted by Gasteiger charge is 2.26. The maximum atomic E-state index is 6.01. The van der Waals surface area contributed by atoms with Crippen molar-refractivity contribution in [1.82, 2.24) is 10.1 Å². The van der Waals surface area contributed by atoms with Crippen LogP contribution in [0.25, 0.3) is 21.5 Å². The van der Waals surface area contributed by atoms with Crippen LogP contribution in [0.5, 0.6) is 5.75 Å². The molecule has 136 valence electrons. The van der Waals surface area contributed by atoms with Crippen LogP contribution in [0.3, 0.4) is 0 Å². The monoisotopic (exact) mass is 397 g/mol. The summed E-state index contributed by atoms with van der Waals surface area (Å²) in [5.41, 5.74) is 4.13. The molecule has 7 heteroatoms. The predicted octanol–water partition coefficient (Wildman–Crippen LogP) is 5.18. The first-order chi connectivity index (χ1) is 13.2. The highest BCUT2D eigenvalue weighted by Crippen LogP contribution is 2.36. The Bertz CT molecular complexity index is 1120. The lowest BCUT2D eigenvalue weighted by atomic mass is 10.0. The summed E-state index contributed by atoms with van der Waals surface area (Å²) in [6.07, 6.45) is 0.839. The van der Waals surface area contributed by atoms with E-state index in [1.54, 1.807) is 18.4 Å². The standard InChI is InChI=1S/C20H16ClN3O2S/c1-25-14-6-7-17-18(10-14)27-20(22-17)24-9-8-16-15(11-24)19(26-23-16)12-2-4-13(21)5-3-12/h2-7,10H,8-9,11H2,1H3. The zero-order valence-corrected chi connectivity index (χ0v) is 16.2. The molecular formula is C20H16ClN3O2S. The fourth-order valence-corrected chi connectivity index (χ4v) is 4.50. The molecule has 1 aliphatic rings. The van der Waals surface area contributed by atoms with Crippen molar-refractivity contribution >= 4 is 38.3 Å². The van der Waals surface area contributed by atoms with E-state index < -0.39 is 0 Å². The number of thiazole rings is 1. The Hall–Kier alpha value is -2.57. The lowest BCUT2D eigenvalue weighted by molar-refractivity contribution is 0.415. The molecule has 4 aromatic rings. The van der Waals surface area contributed by atoms with E-state index in [0.717, 1.165) is 63.2 Å². The first-order valence-electron chi connectivity index (χ1n) is 8.64. The molecule has 0 amide bonds. The van der Waals surface area contributed by atoms with Gasteiger partial charge in [-0.3, -0.25) is 0 Å². The van der Waals surface area contributed by atoms with Gasteiger partial charge < -0.3 is 14.2 Å². The van der Waals surface area contributed by atoms with Gasteiger partial charge >= 0.3 is 0 Å². The molecule has 1 aliphatic heterocycles. The summed E-state index contributed by atoms with van der Waals surface area (Å²) >= 11 is 7.69. The molecule has 0 unspecified atom stereocenters. The Morgan fingerprint density at radius 1 is 1.19 bits per heavy atom. The van der Waals surface area contributed by atoms with E-state index in [0.29, 0.717) is 5.02 Å². The minimum Gasteiger partial charge on any atom is -0.497 e. The number of fused-ring (bicyclic) bond motifs is 2. The van der Waals surface area contributed by atoms with Crippen LogP contribution in [0.2, 0.25) is 5.02 Å². The summed E-state index contributed by atoms with van der Waals surface area (Å²) in [5.74, 6) is 1.66. The summed E-state index contributed by atoms with van der Waals surface area (Å²) in [6, 6.07) is 13.6. The molecule has 2 aromatic heterocycles. The Morgan fingerprint density at radius 3 is 2.85 bits per heavy atom. The van der Waals surface area contributed by atoms with Crippen LogP contribution in [0, 0.1) is 0 Å². The first kappa shape index (κ1) is 16.6. The lowest BCUT2D eigenvalue weighted by Gasteiger charge is -2.25. The van der Waals surface area contributed by atoms with E-state index in [4.69, 9.17) is 25.8 Å². The summed E-state index contributed by atoms with van der Waals surface area (Å²) in [5, 5.41) is 5.99. The van der Waals surface area contributed by atoms with Gasteiger partial charge in [-0.05, 0) is 42.5 Å². The van der Waals surface area contributed by atoms with E-state index >= 15 is 0 Å². The molecule has 0 fully saturated rings. The number of ether oxygens (including phenoxy) is 1. The molecule has 2 aromatic carbocycles. The second-order valence-electron chi connectivity index (χ2n) is 6.45. The van der Waals surface area contributed by atoms with Gasteiger partial charge in [-0.25, -0.2) is 4.98 Å². The number of aromatic nitrogens is 2. The van der Waals surface area contributed by atoms with Crippen molar-refractivity contribution in [2.75, 3.05) is 18.6 Å². The van der Waals surface area contributed by atoms with Crippen LogP contribution < -0.4 is 9.64 Å². The summed E-state index contributed by atoms with van der Waals surface area (Å²) in [4.78, 5) is 7.09. The number of rotatable bonds is 3. The van der Waals surface area contributed by atoms with Crippen LogP contribution in [-0.4, -0.2) is 23.8 Å². The van der Waals surface area contributed by atoms with Crippen LogP contribution in [0.15, 0.2) is 47.0 Å². The second-order valence-corrected chi connectivity index (χ2v) is 7.89. The first-order valence-corrected chi connectivity index (χ1v) is 9.83. The topological polar surface area (TPSA) is 51.4 Å². The summed E-state index contributed by atoms with van der Waals surface area (Å²) < 4.78 is 12.1. The fourth-order valence-electron chi connectivity index (χ4n) is 3.36. The van der Waals surface area contributed by atoms with Crippen LogP contribution in [0.4, 0.5) is 5.13 Å². The maximum absolute atomic E-state index is 6.01. The molecule has 5 rings (SSSR count). The van der Waals surface area contributed by atoms with Gasteiger partial charge in [-0.1, -0.05) is 28.1 Å². The number of hydrogen-bond donors (Lipinski definition) is 0. The Balaban J connectivity index is 1.49. The van der Waals surface area contributed by atoms with Gasteiger partial charge in [0, 0.05) is 29.1 Å². The molecule has 0 bridgehead atoms. The van der Waals surface area contributed by atoms with Gasteiger partial charge in [0.15, 0.2) is 10.9 Å². The number of methoxy groups -OCH3 is 1. The highest BCUT2D eigenvalue weighted by atomic mass is 35.5. The molecule has 0 saturated carbocycles. The van der Waals surface area contributed by atoms with Crippen LogP contribution in [-0.2, 0) is 13.0 Å². The molecule has 0 spiro atoms. The van der Waals surface area contributed by atoms with Gasteiger partial charge in [0.05, 0.1) is 29.6 Å². The van der Waals surface area contributed by atoms with Gasteiger partial charge in [-0.15, -0.1) is 0 Å². The minimum atomic E-state index is 0.707. The lowest BCUT2D eigenvalue weighted by Crippen LogP contribution is -2.30. The number of nitrogens with zero attached hydrogens (tertiary/aromatic N) is 3. The average Bonchev–Trinajstić information content (AvgIpc) is 3.31. The largest absolute Gasteiger partial charge is 0.497 e. The van der Waals surface area contributed by atoms with Crippen LogP contribution in [0.1, 0.15) is 11.3 Å².